The molecule has 7 heteroatoms. The number of hydrogen-bond donors (Lipinski definition) is 0. The number of anilines is 2. The Labute approximate surface area is 162 Å². The van der Waals surface area contributed by atoms with Gasteiger partial charge in [-0.3, -0.25) is 4.90 Å². The second-order valence-electron chi connectivity index (χ2n) is 6.57. The minimum Gasteiger partial charge on any atom is -0.287 e. The van der Waals surface area contributed by atoms with E-state index in [0.717, 1.165) is 9.87 Å². The summed E-state index contributed by atoms with van der Waals surface area (Å²) in [5.74, 6) is -0.377. The molecule has 0 unspecified atom stereocenters. The SMILES string of the molecule is Cc1ccc(N2C(=O)N(Cc3ccc(F)cc3)c3ccccc3S2(=O)=O)cc1. The van der Waals surface area contributed by atoms with Crippen molar-refractivity contribution in [1.29, 1.82) is 0 Å². The van der Waals surface area contributed by atoms with E-state index in [-0.39, 0.29) is 22.9 Å². The van der Waals surface area contributed by atoms with Gasteiger partial charge in [0.15, 0.2) is 0 Å². The number of sulfonamides is 1. The molecule has 1 aliphatic rings. The first-order valence-corrected chi connectivity index (χ1v) is 10.1. The van der Waals surface area contributed by atoms with Gasteiger partial charge in [-0.1, -0.05) is 42.0 Å². The zero-order chi connectivity index (χ0) is 19.9. The molecule has 4 rings (SSSR count). The number of rotatable bonds is 3. The van der Waals surface area contributed by atoms with Crippen LogP contribution in [0, 0.1) is 12.7 Å². The van der Waals surface area contributed by atoms with E-state index < -0.39 is 16.1 Å². The molecular weight excluding hydrogens is 379 g/mol. The summed E-state index contributed by atoms with van der Waals surface area (Å²) >= 11 is 0. The normalized spacial score (nSPS) is 15.4. The Bertz CT molecular complexity index is 1140. The molecular formula is C21H17FN2O3S. The number of fused-ring (bicyclic) bond motifs is 1. The van der Waals surface area contributed by atoms with Gasteiger partial charge >= 0.3 is 6.03 Å². The standard InChI is InChI=1S/C21H17FN2O3S/c1-15-6-12-18(13-7-15)24-21(25)23(14-16-8-10-17(22)11-9-16)19-4-2-3-5-20(19)28(24,26)27/h2-13H,14H2,1H3. The molecule has 28 heavy (non-hydrogen) atoms. The molecule has 0 saturated heterocycles. The number of hydrogen-bond acceptors (Lipinski definition) is 3. The predicted molar refractivity (Wildman–Crippen MR) is 105 cm³/mol. The van der Waals surface area contributed by atoms with Crippen LogP contribution in [0.1, 0.15) is 11.1 Å². The van der Waals surface area contributed by atoms with Gasteiger partial charge in [-0.25, -0.2) is 17.6 Å². The highest BCUT2D eigenvalue weighted by molar-refractivity contribution is 7.94. The molecule has 5 nitrogen and oxygen atoms in total. The number of para-hydroxylation sites is 1. The number of aryl methyl sites for hydroxylation is 1. The van der Waals surface area contributed by atoms with Crippen LogP contribution in [0.4, 0.5) is 20.6 Å². The highest BCUT2D eigenvalue weighted by Crippen LogP contribution is 2.37. The number of benzene rings is 3. The number of carbonyl (C=O) groups is 1. The number of nitrogens with zero attached hydrogens (tertiary/aromatic N) is 2. The summed E-state index contributed by atoms with van der Waals surface area (Å²) in [6, 6.07) is 18.2. The van der Waals surface area contributed by atoms with Gasteiger partial charge in [-0.15, -0.1) is 0 Å². The van der Waals surface area contributed by atoms with Crippen LogP contribution in [-0.4, -0.2) is 14.4 Å². The van der Waals surface area contributed by atoms with Crippen LogP contribution in [0.15, 0.2) is 77.7 Å². The van der Waals surface area contributed by atoms with Crippen molar-refractivity contribution in [1.82, 2.24) is 0 Å². The fourth-order valence-corrected chi connectivity index (χ4v) is 4.76. The van der Waals surface area contributed by atoms with Crippen LogP contribution in [0.5, 0.6) is 0 Å². The Balaban J connectivity index is 1.85. The average molecular weight is 396 g/mol. The number of halogens is 1. The Hall–Kier alpha value is -3.19. The lowest BCUT2D eigenvalue weighted by Gasteiger charge is -2.36. The minimum absolute atomic E-state index is 0.0530. The molecule has 0 aromatic heterocycles. The fraction of sp³-hybridized carbons (Fsp3) is 0.0952. The summed E-state index contributed by atoms with van der Waals surface area (Å²) < 4.78 is 40.4. The van der Waals surface area contributed by atoms with Crippen LogP contribution in [0.25, 0.3) is 0 Å². The Kier molecular flexibility index (Phi) is 4.39. The molecule has 3 aromatic carbocycles. The summed E-state index contributed by atoms with van der Waals surface area (Å²) in [7, 11) is -4.05. The van der Waals surface area contributed by atoms with Crippen molar-refractivity contribution in [2.24, 2.45) is 0 Å². The highest BCUT2D eigenvalue weighted by Gasteiger charge is 2.42. The zero-order valence-electron chi connectivity index (χ0n) is 15.0. The first-order chi connectivity index (χ1) is 13.4. The van der Waals surface area contributed by atoms with Crippen molar-refractivity contribution < 1.29 is 17.6 Å². The number of carbonyl (C=O) groups excluding carboxylic acids is 1. The van der Waals surface area contributed by atoms with E-state index >= 15 is 0 Å². The molecule has 1 heterocycles. The van der Waals surface area contributed by atoms with Crippen LogP contribution in [0.2, 0.25) is 0 Å². The largest absolute Gasteiger partial charge is 0.343 e. The molecule has 0 bridgehead atoms. The minimum atomic E-state index is -4.05. The number of urea groups is 1. The van der Waals surface area contributed by atoms with Crippen LogP contribution >= 0.6 is 0 Å². The van der Waals surface area contributed by atoms with E-state index in [1.54, 1.807) is 54.6 Å². The van der Waals surface area contributed by atoms with Gasteiger partial charge in [0.05, 0.1) is 17.9 Å². The molecule has 0 fully saturated rings. The van der Waals surface area contributed by atoms with Crippen molar-refractivity contribution in [3.63, 3.8) is 0 Å². The third-order valence-electron chi connectivity index (χ3n) is 4.60. The Morgan fingerprint density at radius 2 is 1.54 bits per heavy atom. The zero-order valence-corrected chi connectivity index (χ0v) is 15.9. The highest BCUT2D eigenvalue weighted by atomic mass is 32.2. The monoisotopic (exact) mass is 396 g/mol. The molecule has 142 valence electrons. The molecule has 0 atom stereocenters. The smallest absolute Gasteiger partial charge is 0.287 e. The molecule has 1 aliphatic heterocycles. The molecule has 0 N–H and O–H groups in total. The van der Waals surface area contributed by atoms with Gasteiger partial charge in [-0.05, 0) is 48.9 Å². The average Bonchev–Trinajstić information content (AvgIpc) is 2.68. The maximum Gasteiger partial charge on any atom is 0.343 e. The lowest BCUT2D eigenvalue weighted by Crippen LogP contribution is -2.50. The van der Waals surface area contributed by atoms with Crippen molar-refractivity contribution in [3.05, 3.63) is 89.7 Å². The molecule has 0 spiro atoms. The topological polar surface area (TPSA) is 57.7 Å². The molecule has 0 saturated carbocycles. The first-order valence-electron chi connectivity index (χ1n) is 8.65. The van der Waals surface area contributed by atoms with Crippen LogP contribution < -0.4 is 9.21 Å². The Morgan fingerprint density at radius 3 is 2.21 bits per heavy atom. The van der Waals surface area contributed by atoms with E-state index in [2.05, 4.69) is 0 Å². The van der Waals surface area contributed by atoms with Crippen LogP contribution in [0.3, 0.4) is 0 Å². The van der Waals surface area contributed by atoms with Crippen molar-refractivity contribution in [3.8, 4) is 0 Å². The van der Waals surface area contributed by atoms with Gasteiger partial charge in [0.1, 0.15) is 10.7 Å². The quantitative estimate of drug-likeness (QED) is 0.656. The van der Waals surface area contributed by atoms with E-state index in [9.17, 15) is 17.6 Å². The second kappa shape index (κ2) is 6.76. The van der Waals surface area contributed by atoms with Gasteiger partial charge in [0.2, 0.25) is 0 Å². The second-order valence-corrected chi connectivity index (χ2v) is 8.32. The van der Waals surface area contributed by atoms with Gasteiger partial charge < -0.3 is 0 Å². The van der Waals surface area contributed by atoms with Crippen molar-refractivity contribution >= 4 is 27.4 Å². The summed E-state index contributed by atoms with van der Waals surface area (Å²) in [6.07, 6.45) is 0. The van der Waals surface area contributed by atoms with Crippen molar-refractivity contribution in [2.45, 2.75) is 18.4 Å². The lowest BCUT2D eigenvalue weighted by molar-refractivity contribution is 0.253. The summed E-state index contributed by atoms with van der Waals surface area (Å²) in [6.45, 7) is 2.00. The van der Waals surface area contributed by atoms with Gasteiger partial charge in [0, 0.05) is 0 Å². The van der Waals surface area contributed by atoms with Gasteiger partial charge in [0.25, 0.3) is 10.0 Å². The third-order valence-corrected chi connectivity index (χ3v) is 6.35. The first kappa shape index (κ1) is 18.2. The van der Waals surface area contributed by atoms with E-state index in [0.29, 0.717) is 11.3 Å². The van der Waals surface area contributed by atoms with Crippen LogP contribution in [-0.2, 0) is 16.6 Å². The van der Waals surface area contributed by atoms with E-state index in [1.165, 1.54) is 23.1 Å². The Morgan fingerprint density at radius 1 is 0.893 bits per heavy atom. The molecule has 0 radical (unpaired) electrons. The molecule has 0 aliphatic carbocycles. The van der Waals surface area contributed by atoms with Gasteiger partial charge in [-0.2, -0.15) is 4.31 Å². The fourth-order valence-electron chi connectivity index (χ4n) is 3.17. The molecule has 3 aromatic rings. The summed E-state index contributed by atoms with van der Waals surface area (Å²) in [4.78, 5) is 14.7. The summed E-state index contributed by atoms with van der Waals surface area (Å²) in [5.41, 5.74) is 2.22. The number of amides is 2. The van der Waals surface area contributed by atoms with Crippen molar-refractivity contribution in [2.75, 3.05) is 9.21 Å². The third kappa shape index (κ3) is 3.03. The van der Waals surface area contributed by atoms with E-state index in [1.807, 2.05) is 6.92 Å². The maximum absolute atomic E-state index is 13.3. The van der Waals surface area contributed by atoms with E-state index in [4.69, 9.17) is 0 Å². The predicted octanol–water partition coefficient (Wildman–Crippen LogP) is 4.47. The molecule has 2 amide bonds. The summed E-state index contributed by atoms with van der Waals surface area (Å²) in [5, 5.41) is 0. The lowest BCUT2D eigenvalue weighted by atomic mass is 10.2. The maximum atomic E-state index is 13.3.